The lowest BCUT2D eigenvalue weighted by molar-refractivity contribution is 0.0954. The van der Waals surface area contributed by atoms with E-state index in [0.717, 1.165) is 30.9 Å². The van der Waals surface area contributed by atoms with Gasteiger partial charge in [0.15, 0.2) is 5.82 Å². The van der Waals surface area contributed by atoms with Crippen molar-refractivity contribution >= 4 is 18.3 Å². The van der Waals surface area contributed by atoms with Crippen molar-refractivity contribution in [2.75, 3.05) is 19.6 Å². The zero-order chi connectivity index (χ0) is 16.1. The fourth-order valence-corrected chi connectivity index (χ4v) is 2.38. The van der Waals surface area contributed by atoms with Crippen molar-refractivity contribution in [2.24, 2.45) is 0 Å². The predicted molar refractivity (Wildman–Crippen MR) is 96.5 cm³/mol. The maximum Gasteiger partial charge on any atom is 0.251 e. The normalized spacial score (nSPS) is 13.4. The third-order valence-corrected chi connectivity index (χ3v) is 3.89. The number of H-pyrrole nitrogens is 1. The molecule has 1 amide bonds. The van der Waals surface area contributed by atoms with E-state index in [1.54, 1.807) is 0 Å². The topological polar surface area (TPSA) is 82.7 Å². The molecule has 3 rings (SSSR count). The fraction of sp³-hybridized carbons (Fsp3) is 0.471. The smallest absolute Gasteiger partial charge is 0.251 e. The number of hydrogen-bond acceptors (Lipinski definition) is 4. The number of aromatic nitrogens is 3. The molecule has 1 aromatic heterocycles. The highest BCUT2D eigenvalue weighted by Crippen LogP contribution is 2.38. The second-order valence-corrected chi connectivity index (χ2v) is 5.90. The zero-order valence-electron chi connectivity index (χ0n) is 13.8. The zero-order valence-corrected chi connectivity index (χ0v) is 14.7. The number of aromatic amines is 1. The molecule has 2 aromatic rings. The van der Waals surface area contributed by atoms with Crippen LogP contribution in [0, 0.1) is 0 Å². The van der Waals surface area contributed by atoms with Gasteiger partial charge in [-0.15, -0.1) is 12.4 Å². The summed E-state index contributed by atoms with van der Waals surface area (Å²) in [6.07, 6.45) is 3.49. The molecule has 1 saturated carbocycles. The Morgan fingerprint density at radius 3 is 2.62 bits per heavy atom. The summed E-state index contributed by atoms with van der Waals surface area (Å²) in [5, 5.41) is 13.4. The van der Waals surface area contributed by atoms with Gasteiger partial charge >= 0.3 is 0 Å². The monoisotopic (exact) mass is 349 g/mol. The van der Waals surface area contributed by atoms with Crippen molar-refractivity contribution in [1.29, 1.82) is 0 Å². The number of carbonyl (C=O) groups excluding carboxylic acids is 1. The molecular weight excluding hydrogens is 326 g/mol. The molecule has 0 radical (unpaired) electrons. The van der Waals surface area contributed by atoms with Gasteiger partial charge in [0, 0.05) is 30.1 Å². The molecule has 1 aromatic carbocycles. The Kier molecular flexibility index (Phi) is 6.75. The van der Waals surface area contributed by atoms with Crippen LogP contribution in [0.15, 0.2) is 24.3 Å². The quantitative estimate of drug-likeness (QED) is 0.639. The number of nitrogens with one attached hydrogen (secondary N) is 3. The van der Waals surface area contributed by atoms with Gasteiger partial charge in [0.05, 0.1) is 0 Å². The standard InChI is InChI=1S/C17H23N5O.ClH/c1-2-9-18-10-11-19-17(23)14-7-5-13(6-8-14)16-20-15(21-22-16)12-3-4-12;/h5-8,12,18H,2-4,9-11H2,1H3,(H,19,23)(H,20,21,22);1H. The molecule has 0 bridgehead atoms. The van der Waals surface area contributed by atoms with Crippen LogP contribution in [-0.2, 0) is 0 Å². The predicted octanol–water partition coefficient (Wildman–Crippen LogP) is 2.50. The summed E-state index contributed by atoms with van der Waals surface area (Å²) in [5.41, 5.74) is 1.58. The molecule has 0 unspecified atom stereocenters. The van der Waals surface area contributed by atoms with E-state index in [4.69, 9.17) is 0 Å². The minimum absolute atomic E-state index is 0. The lowest BCUT2D eigenvalue weighted by Gasteiger charge is -2.06. The summed E-state index contributed by atoms with van der Waals surface area (Å²) in [6, 6.07) is 7.42. The van der Waals surface area contributed by atoms with E-state index in [-0.39, 0.29) is 18.3 Å². The van der Waals surface area contributed by atoms with Gasteiger partial charge in [0.2, 0.25) is 0 Å². The van der Waals surface area contributed by atoms with E-state index < -0.39 is 0 Å². The Labute approximate surface area is 148 Å². The Hall–Kier alpha value is -1.92. The number of benzene rings is 1. The first-order valence-electron chi connectivity index (χ1n) is 8.29. The van der Waals surface area contributed by atoms with Gasteiger partial charge in [-0.3, -0.25) is 9.89 Å². The molecule has 0 spiro atoms. The molecule has 0 aliphatic heterocycles. The summed E-state index contributed by atoms with van der Waals surface area (Å²) in [6.45, 7) is 4.52. The third kappa shape index (κ3) is 4.79. The summed E-state index contributed by atoms with van der Waals surface area (Å²) in [4.78, 5) is 16.6. The van der Waals surface area contributed by atoms with Crippen molar-refractivity contribution in [3.8, 4) is 11.4 Å². The van der Waals surface area contributed by atoms with Crippen LogP contribution >= 0.6 is 12.4 Å². The first-order valence-corrected chi connectivity index (χ1v) is 8.29. The van der Waals surface area contributed by atoms with Gasteiger partial charge in [-0.05, 0) is 37.9 Å². The molecule has 1 heterocycles. The van der Waals surface area contributed by atoms with Crippen LogP contribution < -0.4 is 10.6 Å². The van der Waals surface area contributed by atoms with Crippen LogP contribution in [0.4, 0.5) is 0 Å². The van der Waals surface area contributed by atoms with E-state index in [1.165, 1.54) is 12.8 Å². The molecule has 6 nitrogen and oxygen atoms in total. The number of rotatable bonds is 8. The van der Waals surface area contributed by atoms with Crippen molar-refractivity contribution in [3.63, 3.8) is 0 Å². The van der Waals surface area contributed by atoms with Gasteiger partial charge in [0.25, 0.3) is 5.91 Å². The summed E-state index contributed by atoms with van der Waals surface area (Å²) in [5.74, 6) is 2.18. The molecule has 1 aliphatic rings. The van der Waals surface area contributed by atoms with Crippen LogP contribution in [0.25, 0.3) is 11.4 Å². The summed E-state index contributed by atoms with van der Waals surface area (Å²) < 4.78 is 0. The molecule has 7 heteroatoms. The molecule has 24 heavy (non-hydrogen) atoms. The first-order chi connectivity index (χ1) is 11.3. The van der Waals surface area contributed by atoms with E-state index in [1.807, 2.05) is 24.3 Å². The van der Waals surface area contributed by atoms with Crippen LogP contribution in [0.2, 0.25) is 0 Å². The highest BCUT2D eigenvalue weighted by Gasteiger charge is 2.27. The number of carbonyl (C=O) groups is 1. The molecule has 0 atom stereocenters. The maximum absolute atomic E-state index is 12.1. The van der Waals surface area contributed by atoms with E-state index in [2.05, 4.69) is 32.7 Å². The van der Waals surface area contributed by atoms with Crippen molar-refractivity contribution in [1.82, 2.24) is 25.8 Å². The third-order valence-electron chi connectivity index (χ3n) is 3.89. The molecule has 130 valence electrons. The van der Waals surface area contributed by atoms with Crippen molar-refractivity contribution in [2.45, 2.75) is 32.1 Å². The number of halogens is 1. The second-order valence-electron chi connectivity index (χ2n) is 5.90. The van der Waals surface area contributed by atoms with Crippen molar-refractivity contribution < 1.29 is 4.79 Å². The number of amides is 1. The molecule has 1 fully saturated rings. The Balaban J connectivity index is 0.00000208. The Morgan fingerprint density at radius 1 is 1.21 bits per heavy atom. The minimum Gasteiger partial charge on any atom is -0.351 e. The Bertz CT molecular complexity index is 651. The van der Waals surface area contributed by atoms with Crippen LogP contribution in [0.3, 0.4) is 0 Å². The van der Waals surface area contributed by atoms with E-state index in [0.29, 0.717) is 23.9 Å². The second kappa shape index (κ2) is 8.80. The van der Waals surface area contributed by atoms with Crippen LogP contribution in [0.1, 0.15) is 48.3 Å². The number of hydrogen-bond donors (Lipinski definition) is 3. The highest BCUT2D eigenvalue weighted by molar-refractivity contribution is 5.94. The molecule has 0 saturated heterocycles. The van der Waals surface area contributed by atoms with Crippen LogP contribution in [-0.4, -0.2) is 40.7 Å². The summed E-state index contributed by atoms with van der Waals surface area (Å²) >= 11 is 0. The van der Waals surface area contributed by atoms with Gasteiger partial charge < -0.3 is 10.6 Å². The average molecular weight is 350 g/mol. The highest BCUT2D eigenvalue weighted by atomic mass is 35.5. The van der Waals surface area contributed by atoms with Gasteiger partial charge in [-0.25, -0.2) is 4.98 Å². The molecule has 1 aliphatic carbocycles. The van der Waals surface area contributed by atoms with Crippen molar-refractivity contribution in [3.05, 3.63) is 35.7 Å². The molecular formula is C17H24ClN5O. The maximum atomic E-state index is 12.1. The van der Waals surface area contributed by atoms with Gasteiger partial charge in [-0.1, -0.05) is 19.1 Å². The molecule has 3 N–H and O–H groups in total. The number of nitrogens with zero attached hydrogens (tertiary/aromatic N) is 2. The largest absolute Gasteiger partial charge is 0.351 e. The minimum atomic E-state index is -0.0523. The van der Waals surface area contributed by atoms with Crippen LogP contribution in [0.5, 0.6) is 0 Å². The van der Waals surface area contributed by atoms with E-state index >= 15 is 0 Å². The Morgan fingerprint density at radius 2 is 1.96 bits per heavy atom. The average Bonchev–Trinajstić information content (AvgIpc) is 3.32. The fourth-order valence-electron chi connectivity index (χ4n) is 2.38. The lowest BCUT2D eigenvalue weighted by atomic mass is 10.1. The SMILES string of the molecule is CCCNCCNC(=O)c1ccc(-c2n[nH]c(C3CC3)n2)cc1.Cl. The summed E-state index contributed by atoms with van der Waals surface area (Å²) in [7, 11) is 0. The van der Waals surface area contributed by atoms with Gasteiger partial charge in [0.1, 0.15) is 5.82 Å². The first kappa shape index (κ1) is 18.4. The van der Waals surface area contributed by atoms with E-state index in [9.17, 15) is 4.79 Å². The lowest BCUT2D eigenvalue weighted by Crippen LogP contribution is -2.32. The van der Waals surface area contributed by atoms with Gasteiger partial charge in [-0.2, -0.15) is 5.10 Å².